The molecule has 7 aliphatic carbocycles. The van der Waals surface area contributed by atoms with Gasteiger partial charge in [-0.15, -0.1) is 0 Å². The fourth-order valence-electron chi connectivity index (χ4n) is 13.9. The second-order valence-electron chi connectivity index (χ2n) is 17.1. The molecule has 0 amide bonds. The molecule has 0 spiro atoms. The van der Waals surface area contributed by atoms with E-state index in [4.69, 9.17) is 9.47 Å². The second-order valence-corrected chi connectivity index (χ2v) is 30.4. The summed E-state index contributed by atoms with van der Waals surface area (Å²) in [6, 6.07) is 0. The van der Waals surface area contributed by atoms with E-state index in [2.05, 4.69) is 39.3 Å². The second kappa shape index (κ2) is 7.12. The monoisotopic (exact) mass is 570 g/mol. The lowest BCUT2D eigenvalue weighted by Gasteiger charge is -2.67. The van der Waals surface area contributed by atoms with Gasteiger partial charge in [0.05, 0.1) is 33.2 Å². The Balaban J connectivity index is 1.40. The third-order valence-corrected chi connectivity index (χ3v) is 24.6. The fourth-order valence-corrected chi connectivity index (χ4v) is 27.3. The minimum absolute atomic E-state index is 0.108. The number of carbonyl (C=O) groups excluding carboxylic acids is 2. The normalized spacial score (nSPS) is 54.5. The van der Waals surface area contributed by atoms with Crippen LogP contribution in [0.2, 0.25) is 49.9 Å². The molecule has 208 valence electrons. The van der Waals surface area contributed by atoms with Gasteiger partial charge in [-0.05, 0) is 103 Å². The van der Waals surface area contributed by atoms with Crippen molar-refractivity contribution in [2.75, 3.05) is 14.2 Å². The third kappa shape index (κ3) is 2.41. The summed E-state index contributed by atoms with van der Waals surface area (Å²) in [6.45, 7) is 15.3. The largest absolute Gasteiger partial charge is 0.466 e. The smallest absolute Gasteiger partial charge is 0.338 e. The zero-order chi connectivity index (χ0) is 26.9. The maximum Gasteiger partial charge on any atom is 0.338 e. The molecule has 9 fully saturated rings. The maximum atomic E-state index is 14.0. The molecule has 10 rings (SSSR count). The van der Waals surface area contributed by atoms with Gasteiger partial charge in [0, 0.05) is 18.3 Å². The van der Waals surface area contributed by atoms with E-state index in [-0.39, 0.29) is 17.0 Å². The average molecular weight is 571 g/mol. The standard InChI is InChI=1S/C31H47O4PSi2/c1-34-27(32)23-24(28(33)35-2)36-26-21-19(12-20(21)37(3,4)5)22-25(30(23,26)38(6,7)8)31(22,36)29-13-16-9-17(14-29)11-18(10-16)15-29/h16-22,25-26H,9-15H2,1-8H3/t16?,17?,18?,19-,20-,21-,22+,25-,26+,29?,30-,31-,36?/m0/s1. The zero-order valence-electron chi connectivity index (χ0n) is 24.7. The molecule has 10 aliphatic rings. The van der Waals surface area contributed by atoms with Crippen LogP contribution in [0.1, 0.15) is 44.9 Å². The van der Waals surface area contributed by atoms with E-state index in [9.17, 15) is 9.59 Å². The molecule has 0 N–H and O–H groups in total. The van der Waals surface area contributed by atoms with Crippen molar-refractivity contribution in [1.82, 2.24) is 0 Å². The Bertz CT molecular complexity index is 1160. The Labute approximate surface area is 232 Å². The number of rotatable bonds is 5. The molecule has 0 aromatic rings. The van der Waals surface area contributed by atoms with E-state index in [1.54, 1.807) is 7.11 Å². The Morgan fingerprint density at radius 1 is 0.842 bits per heavy atom. The molecular weight excluding hydrogens is 523 g/mol. The van der Waals surface area contributed by atoms with E-state index in [0.29, 0.717) is 28.1 Å². The lowest BCUT2D eigenvalue weighted by molar-refractivity contribution is -0.139. The molecule has 4 nitrogen and oxygen atoms in total. The topological polar surface area (TPSA) is 52.6 Å². The van der Waals surface area contributed by atoms with Crippen LogP contribution in [0.5, 0.6) is 0 Å². The molecule has 38 heavy (non-hydrogen) atoms. The molecule has 3 aliphatic heterocycles. The Kier molecular flexibility index (Phi) is 4.73. The van der Waals surface area contributed by atoms with E-state index in [0.717, 1.165) is 46.0 Å². The summed E-state index contributed by atoms with van der Waals surface area (Å²) in [5.41, 5.74) is 2.60. The number of carbonyl (C=O) groups is 2. The molecule has 0 aromatic carbocycles. The Hall–Kier alpha value is -0.456. The summed E-state index contributed by atoms with van der Waals surface area (Å²) in [7, 11) is -0.998. The molecule has 0 aromatic heterocycles. The molecule has 3 heterocycles. The molecule has 10 bridgehead atoms. The van der Waals surface area contributed by atoms with Gasteiger partial charge in [-0.3, -0.25) is 0 Å². The van der Waals surface area contributed by atoms with Crippen LogP contribution in [0.15, 0.2) is 10.9 Å². The summed E-state index contributed by atoms with van der Waals surface area (Å²) in [4.78, 5) is 27.9. The van der Waals surface area contributed by atoms with E-state index in [1.807, 2.05) is 0 Å². The third-order valence-electron chi connectivity index (χ3n) is 14.1. The lowest BCUT2D eigenvalue weighted by atomic mass is 9.47. The maximum absolute atomic E-state index is 14.0. The first-order chi connectivity index (χ1) is 17.8. The van der Waals surface area contributed by atoms with Crippen molar-refractivity contribution in [2.45, 2.75) is 106 Å². The van der Waals surface area contributed by atoms with Gasteiger partial charge in [0.15, 0.2) is 0 Å². The predicted molar refractivity (Wildman–Crippen MR) is 157 cm³/mol. The molecule has 7 heteroatoms. The highest BCUT2D eigenvalue weighted by molar-refractivity contribution is 7.68. The molecule has 7 saturated carbocycles. The predicted octanol–water partition coefficient (Wildman–Crippen LogP) is 7.10. The minimum Gasteiger partial charge on any atom is -0.466 e. The van der Waals surface area contributed by atoms with Crippen molar-refractivity contribution >= 4 is 36.0 Å². The van der Waals surface area contributed by atoms with Crippen molar-refractivity contribution in [3.05, 3.63) is 10.9 Å². The van der Waals surface area contributed by atoms with Gasteiger partial charge < -0.3 is 9.47 Å². The van der Waals surface area contributed by atoms with Crippen molar-refractivity contribution < 1.29 is 19.1 Å². The highest BCUT2D eigenvalue weighted by Crippen LogP contribution is 3.07. The van der Waals surface area contributed by atoms with E-state index < -0.39 is 24.1 Å². The molecule has 9 atom stereocenters. The SMILES string of the molecule is COC(=O)C1=C(C(=O)OC)[C@]2([Si](C)(C)C)[C@@H]3[C@H]4[C@H]5C[C@H]([Si](C)(C)C)[C@H]5[C@H]2P1[C@@]43C12CC3CC(CC(C3)C1)C2. The van der Waals surface area contributed by atoms with Gasteiger partial charge in [0.1, 0.15) is 0 Å². The highest BCUT2D eigenvalue weighted by atomic mass is 31.1. The quantitative estimate of drug-likeness (QED) is 0.201. The van der Waals surface area contributed by atoms with Crippen molar-refractivity contribution in [3.63, 3.8) is 0 Å². The van der Waals surface area contributed by atoms with E-state index >= 15 is 0 Å². The first-order valence-electron chi connectivity index (χ1n) is 15.5. The number of methoxy groups -OCH3 is 2. The van der Waals surface area contributed by atoms with Gasteiger partial charge in [0.2, 0.25) is 0 Å². The van der Waals surface area contributed by atoms with Gasteiger partial charge >= 0.3 is 11.9 Å². The van der Waals surface area contributed by atoms with Crippen LogP contribution in [0.3, 0.4) is 0 Å². The van der Waals surface area contributed by atoms with Crippen LogP contribution in [-0.4, -0.2) is 53.1 Å². The molecule has 1 unspecified atom stereocenters. The van der Waals surface area contributed by atoms with Crippen molar-refractivity contribution in [2.24, 2.45) is 46.8 Å². The Morgan fingerprint density at radius 3 is 1.87 bits per heavy atom. The summed E-state index contributed by atoms with van der Waals surface area (Å²) < 4.78 is 11.2. The van der Waals surface area contributed by atoms with Crippen molar-refractivity contribution in [3.8, 4) is 0 Å². The van der Waals surface area contributed by atoms with Crippen LogP contribution in [0.25, 0.3) is 0 Å². The van der Waals surface area contributed by atoms with Crippen molar-refractivity contribution in [1.29, 1.82) is 0 Å². The summed E-state index contributed by atoms with van der Waals surface area (Å²) >= 11 is 0. The number of hydrogen-bond acceptors (Lipinski definition) is 4. The lowest BCUT2D eigenvalue weighted by Crippen LogP contribution is -2.62. The number of esters is 2. The Morgan fingerprint density at radius 2 is 1.39 bits per heavy atom. The number of ether oxygens (including phenoxy) is 2. The highest BCUT2D eigenvalue weighted by Gasteiger charge is 2.99. The number of hydrogen-bond donors (Lipinski definition) is 0. The molecule has 2 saturated heterocycles. The summed E-state index contributed by atoms with van der Waals surface area (Å²) in [5, 5.41) is 1.06. The van der Waals surface area contributed by atoms with Crippen LogP contribution >= 0.6 is 7.92 Å². The first-order valence-corrected chi connectivity index (χ1v) is 24.0. The van der Waals surface area contributed by atoms with Gasteiger partial charge in [0.25, 0.3) is 0 Å². The van der Waals surface area contributed by atoms with Crippen LogP contribution in [0.4, 0.5) is 0 Å². The molecular formula is C31H47O4PSi2. The zero-order valence-corrected chi connectivity index (χ0v) is 27.6. The summed E-state index contributed by atoms with van der Waals surface area (Å²) in [6.07, 6.45) is 10.0. The minimum atomic E-state index is -1.97. The fraction of sp³-hybridized carbons (Fsp3) is 0.871. The average Bonchev–Trinajstić information content (AvgIpc) is 3.30. The van der Waals surface area contributed by atoms with Gasteiger partial charge in [-0.1, -0.05) is 47.2 Å². The van der Waals surface area contributed by atoms with E-state index in [1.165, 1.54) is 52.1 Å². The van der Waals surface area contributed by atoms with Crippen LogP contribution in [-0.2, 0) is 19.1 Å². The van der Waals surface area contributed by atoms with Gasteiger partial charge in [-0.25, -0.2) is 9.59 Å². The summed E-state index contributed by atoms with van der Waals surface area (Å²) in [5.74, 6) is 5.26. The van der Waals surface area contributed by atoms with Gasteiger partial charge in [-0.2, -0.15) is 0 Å². The van der Waals surface area contributed by atoms with Crippen LogP contribution in [0, 0.1) is 46.8 Å². The molecule has 0 radical (unpaired) electrons. The van der Waals surface area contributed by atoms with Crippen LogP contribution < -0.4 is 0 Å². The first kappa shape index (κ1) is 25.3.